The van der Waals surface area contributed by atoms with Gasteiger partial charge in [0.05, 0.1) is 24.6 Å². The summed E-state index contributed by atoms with van der Waals surface area (Å²) in [5, 5.41) is 0. The third-order valence-electron chi connectivity index (χ3n) is 3.77. The van der Waals surface area contributed by atoms with Crippen LogP contribution in [0.5, 0.6) is 0 Å². The number of nitrogens with zero attached hydrogens (tertiary/aromatic N) is 4. The van der Waals surface area contributed by atoms with E-state index in [-0.39, 0.29) is 11.6 Å². The van der Waals surface area contributed by atoms with Crippen LogP contribution in [0.15, 0.2) is 24.7 Å². The van der Waals surface area contributed by atoms with Crippen molar-refractivity contribution in [3.63, 3.8) is 0 Å². The lowest BCUT2D eigenvalue weighted by atomic mass is 10.0. The fourth-order valence-corrected chi connectivity index (χ4v) is 2.52. The zero-order valence-corrected chi connectivity index (χ0v) is 11.7. The number of imidazole rings is 1. The van der Waals surface area contributed by atoms with Crippen LogP contribution in [0.3, 0.4) is 0 Å². The van der Waals surface area contributed by atoms with E-state index < -0.39 is 0 Å². The van der Waals surface area contributed by atoms with Crippen LogP contribution in [0.25, 0.3) is 5.78 Å². The van der Waals surface area contributed by atoms with Gasteiger partial charge in [0.2, 0.25) is 5.78 Å². The molecule has 2 aromatic rings. The lowest BCUT2D eigenvalue weighted by Crippen LogP contribution is -2.55. The lowest BCUT2D eigenvalue weighted by molar-refractivity contribution is -0.0954. The first-order chi connectivity index (χ1) is 9.06. The molecular weight excluding hydrogens is 240 g/mol. The number of ether oxygens (including phenoxy) is 1. The molecular formula is C14H20N4O. The van der Waals surface area contributed by atoms with Gasteiger partial charge in [0.1, 0.15) is 0 Å². The van der Waals surface area contributed by atoms with Gasteiger partial charge in [0.15, 0.2) is 0 Å². The van der Waals surface area contributed by atoms with Crippen LogP contribution in [0.1, 0.15) is 26.5 Å². The summed E-state index contributed by atoms with van der Waals surface area (Å²) in [5.41, 5.74) is 1.23. The number of hydrogen-bond acceptors (Lipinski definition) is 4. The SMILES string of the molecule is C[C@H]1CN(Cc2cnc3ncccn23)C(C)(C)CO1. The molecule has 102 valence electrons. The minimum absolute atomic E-state index is 0.0544. The van der Waals surface area contributed by atoms with Gasteiger partial charge in [-0.05, 0) is 26.8 Å². The predicted octanol–water partition coefficient (Wildman–Crippen LogP) is 1.73. The zero-order valence-electron chi connectivity index (χ0n) is 11.7. The number of hydrogen-bond donors (Lipinski definition) is 0. The van der Waals surface area contributed by atoms with E-state index in [9.17, 15) is 0 Å². The Morgan fingerprint density at radius 1 is 1.42 bits per heavy atom. The molecule has 5 heteroatoms. The fourth-order valence-electron chi connectivity index (χ4n) is 2.52. The quantitative estimate of drug-likeness (QED) is 0.824. The van der Waals surface area contributed by atoms with E-state index in [1.807, 2.05) is 18.5 Å². The summed E-state index contributed by atoms with van der Waals surface area (Å²) in [5.74, 6) is 0.761. The molecule has 3 heterocycles. The summed E-state index contributed by atoms with van der Waals surface area (Å²) in [7, 11) is 0. The van der Waals surface area contributed by atoms with E-state index in [0.29, 0.717) is 0 Å². The van der Waals surface area contributed by atoms with Gasteiger partial charge < -0.3 is 4.74 Å². The maximum atomic E-state index is 5.75. The third kappa shape index (κ3) is 2.35. The monoisotopic (exact) mass is 260 g/mol. The summed E-state index contributed by atoms with van der Waals surface area (Å²) in [4.78, 5) is 11.1. The molecule has 0 unspecified atom stereocenters. The number of morpholine rings is 1. The molecule has 5 nitrogen and oxygen atoms in total. The van der Waals surface area contributed by atoms with Crippen LogP contribution < -0.4 is 0 Å². The number of rotatable bonds is 2. The first-order valence-corrected chi connectivity index (χ1v) is 6.70. The van der Waals surface area contributed by atoms with Gasteiger partial charge in [0, 0.05) is 31.0 Å². The Morgan fingerprint density at radius 2 is 2.26 bits per heavy atom. The molecule has 0 spiro atoms. The van der Waals surface area contributed by atoms with Gasteiger partial charge in [-0.1, -0.05) is 0 Å². The Kier molecular flexibility index (Phi) is 3.03. The average Bonchev–Trinajstić information content (AvgIpc) is 2.78. The molecule has 19 heavy (non-hydrogen) atoms. The van der Waals surface area contributed by atoms with Crippen molar-refractivity contribution in [2.24, 2.45) is 0 Å². The maximum absolute atomic E-state index is 5.75. The standard InChI is InChI=1S/C14H20N4O/c1-11-8-17(14(2,3)10-19-11)9-12-7-16-13-15-5-4-6-18(12)13/h4-7,11H,8-10H2,1-3H3/t11-/m0/s1. The minimum atomic E-state index is 0.0544. The van der Waals surface area contributed by atoms with Crippen LogP contribution in [-0.2, 0) is 11.3 Å². The van der Waals surface area contributed by atoms with Crippen LogP contribution in [0.2, 0.25) is 0 Å². The van der Waals surface area contributed by atoms with Gasteiger partial charge in [-0.2, -0.15) is 0 Å². The second kappa shape index (κ2) is 4.58. The smallest absolute Gasteiger partial charge is 0.233 e. The van der Waals surface area contributed by atoms with Gasteiger partial charge in [-0.15, -0.1) is 0 Å². The molecule has 3 rings (SSSR count). The second-order valence-corrected chi connectivity index (χ2v) is 5.85. The van der Waals surface area contributed by atoms with Crippen LogP contribution in [-0.4, -0.2) is 44.1 Å². The van der Waals surface area contributed by atoms with E-state index in [1.165, 1.54) is 5.69 Å². The largest absolute Gasteiger partial charge is 0.375 e. The molecule has 0 radical (unpaired) electrons. The Bertz CT molecular complexity index is 578. The van der Waals surface area contributed by atoms with Crippen molar-refractivity contribution in [1.82, 2.24) is 19.3 Å². The molecule has 0 bridgehead atoms. The van der Waals surface area contributed by atoms with Gasteiger partial charge in [-0.3, -0.25) is 9.30 Å². The molecule has 1 aliphatic rings. The Morgan fingerprint density at radius 3 is 3.11 bits per heavy atom. The first kappa shape index (κ1) is 12.6. The van der Waals surface area contributed by atoms with Crippen molar-refractivity contribution in [2.45, 2.75) is 39.0 Å². The molecule has 1 saturated heterocycles. The summed E-state index contributed by atoms with van der Waals surface area (Å²) < 4.78 is 7.81. The Labute approximate surface area is 113 Å². The maximum Gasteiger partial charge on any atom is 0.233 e. The van der Waals surface area contributed by atoms with Crippen LogP contribution in [0.4, 0.5) is 0 Å². The van der Waals surface area contributed by atoms with E-state index >= 15 is 0 Å². The fraction of sp³-hybridized carbons (Fsp3) is 0.571. The van der Waals surface area contributed by atoms with E-state index in [1.54, 1.807) is 6.20 Å². The summed E-state index contributed by atoms with van der Waals surface area (Å²) >= 11 is 0. The average molecular weight is 260 g/mol. The molecule has 1 atom stereocenters. The van der Waals surface area contributed by atoms with Crippen molar-refractivity contribution >= 4 is 5.78 Å². The molecule has 1 fully saturated rings. The third-order valence-corrected chi connectivity index (χ3v) is 3.77. The van der Waals surface area contributed by atoms with E-state index in [2.05, 4.69) is 40.0 Å². The van der Waals surface area contributed by atoms with Crippen molar-refractivity contribution in [3.05, 3.63) is 30.4 Å². The predicted molar refractivity (Wildman–Crippen MR) is 72.9 cm³/mol. The Balaban J connectivity index is 1.87. The van der Waals surface area contributed by atoms with Crippen molar-refractivity contribution in [2.75, 3.05) is 13.2 Å². The molecule has 0 N–H and O–H groups in total. The zero-order chi connectivity index (χ0) is 13.5. The van der Waals surface area contributed by atoms with Crippen LogP contribution in [0, 0.1) is 0 Å². The number of aromatic nitrogens is 3. The van der Waals surface area contributed by atoms with Crippen molar-refractivity contribution in [1.29, 1.82) is 0 Å². The molecule has 0 aliphatic carbocycles. The second-order valence-electron chi connectivity index (χ2n) is 5.85. The summed E-state index contributed by atoms with van der Waals surface area (Å²) in [6, 6.07) is 1.94. The van der Waals surface area contributed by atoms with Gasteiger partial charge in [0.25, 0.3) is 0 Å². The Hall–Kier alpha value is -1.46. The first-order valence-electron chi connectivity index (χ1n) is 6.70. The van der Waals surface area contributed by atoms with Crippen molar-refractivity contribution < 1.29 is 4.74 Å². The molecule has 0 amide bonds. The molecule has 0 aromatic carbocycles. The van der Waals surface area contributed by atoms with Gasteiger partial charge in [-0.25, -0.2) is 9.97 Å². The highest BCUT2D eigenvalue weighted by molar-refractivity contribution is 5.30. The highest BCUT2D eigenvalue weighted by atomic mass is 16.5. The number of fused-ring (bicyclic) bond motifs is 1. The normalized spacial score (nSPS) is 23.8. The molecule has 1 aliphatic heterocycles. The van der Waals surface area contributed by atoms with E-state index in [0.717, 1.165) is 25.5 Å². The van der Waals surface area contributed by atoms with Gasteiger partial charge >= 0.3 is 0 Å². The summed E-state index contributed by atoms with van der Waals surface area (Å²) in [6.45, 7) is 9.15. The lowest BCUT2D eigenvalue weighted by Gasteiger charge is -2.44. The van der Waals surface area contributed by atoms with Crippen molar-refractivity contribution in [3.8, 4) is 0 Å². The minimum Gasteiger partial charge on any atom is -0.375 e. The van der Waals surface area contributed by atoms with E-state index in [4.69, 9.17) is 4.74 Å². The van der Waals surface area contributed by atoms with Crippen LogP contribution >= 0.6 is 0 Å². The highest BCUT2D eigenvalue weighted by Crippen LogP contribution is 2.24. The molecule has 2 aromatic heterocycles. The molecule has 0 saturated carbocycles. The highest BCUT2D eigenvalue weighted by Gasteiger charge is 2.33. The topological polar surface area (TPSA) is 42.7 Å². The summed E-state index contributed by atoms with van der Waals surface area (Å²) in [6.07, 6.45) is 5.98.